The maximum Gasteiger partial charge on any atom is 0.253 e. The molecule has 2 aromatic heterocycles. The number of hydrogen-bond donors (Lipinski definition) is 2. The Balaban J connectivity index is 1.75. The number of carbonyl (C=O) groups excluding carboxylic acids is 1. The number of aromatic amines is 1. The van der Waals surface area contributed by atoms with Crippen molar-refractivity contribution in [3.05, 3.63) is 65.2 Å². The van der Waals surface area contributed by atoms with Crippen LogP contribution in [0.15, 0.2) is 42.6 Å². The lowest BCUT2D eigenvalue weighted by molar-refractivity contribution is 0.0946. The fraction of sp³-hybridized carbons (Fsp3) is 0.158. The summed E-state index contributed by atoms with van der Waals surface area (Å²) in [5, 5.41) is 2.84. The number of amides is 1. The Kier molecular flexibility index (Phi) is 3.41. The molecule has 0 unspecified atom stereocenters. The molecule has 1 aliphatic heterocycles. The molecule has 120 valence electrons. The zero-order chi connectivity index (χ0) is 16.7. The third-order valence-electron chi connectivity index (χ3n) is 4.34. The molecule has 24 heavy (non-hydrogen) atoms. The number of fused-ring (bicyclic) bond motifs is 1. The molecule has 0 fully saturated rings. The molecule has 3 aromatic rings. The highest BCUT2D eigenvalue weighted by Gasteiger charge is 2.20. The Labute approximate surface area is 138 Å². The third kappa shape index (κ3) is 2.48. The first-order valence-corrected chi connectivity index (χ1v) is 7.85. The van der Waals surface area contributed by atoms with Gasteiger partial charge in [0.25, 0.3) is 5.91 Å². The second kappa shape index (κ2) is 5.60. The van der Waals surface area contributed by atoms with Gasteiger partial charge >= 0.3 is 0 Å². The maximum absolute atomic E-state index is 13.8. The van der Waals surface area contributed by atoms with Crippen LogP contribution in [0.2, 0.25) is 0 Å². The van der Waals surface area contributed by atoms with Crippen molar-refractivity contribution >= 4 is 5.91 Å². The Morgan fingerprint density at radius 1 is 1.12 bits per heavy atom. The first kappa shape index (κ1) is 14.6. The minimum atomic E-state index is -0.244. The average molecular weight is 321 g/mol. The summed E-state index contributed by atoms with van der Waals surface area (Å²) in [5.41, 5.74) is 5.47. The fourth-order valence-corrected chi connectivity index (χ4v) is 2.96. The van der Waals surface area contributed by atoms with Gasteiger partial charge in [-0.25, -0.2) is 4.39 Å². The van der Waals surface area contributed by atoms with Gasteiger partial charge in [0.2, 0.25) is 0 Å². The second-order valence-corrected chi connectivity index (χ2v) is 5.97. The number of nitrogens with zero attached hydrogens (tertiary/aromatic N) is 1. The molecule has 0 radical (unpaired) electrons. The zero-order valence-electron chi connectivity index (χ0n) is 13.2. The zero-order valence-corrected chi connectivity index (χ0v) is 13.2. The number of nitrogens with one attached hydrogen (secondary N) is 2. The fourth-order valence-electron chi connectivity index (χ4n) is 2.96. The molecule has 0 atom stereocenters. The van der Waals surface area contributed by atoms with E-state index in [0.717, 1.165) is 28.9 Å². The molecule has 0 aliphatic carbocycles. The van der Waals surface area contributed by atoms with Gasteiger partial charge in [-0.15, -0.1) is 0 Å². The van der Waals surface area contributed by atoms with Gasteiger partial charge in [0.05, 0.1) is 11.3 Å². The smallest absolute Gasteiger partial charge is 0.253 e. The maximum atomic E-state index is 13.8. The number of carbonyl (C=O) groups is 1. The van der Waals surface area contributed by atoms with E-state index in [4.69, 9.17) is 0 Å². The van der Waals surface area contributed by atoms with Crippen LogP contribution in [0.3, 0.4) is 0 Å². The normalized spacial score (nSPS) is 13.5. The van der Waals surface area contributed by atoms with Gasteiger partial charge in [-0.05, 0) is 36.8 Å². The van der Waals surface area contributed by atoms with E-state index in [9.17, 15) is 9.18 Å². The molecule has 0 bridgehead atoms. The lowest BCUT2D eigenvalue weighted by Crippen LogP contribution is -2.31. The first-order valence-electron chi connectivity index (χ1n) is 7.85. The average Bonchev–Trinajstić information content (AvgIpc) is 3.03. The quantitative estimate of drug-likeness (QED) is 0.759. The summed E-state index contributed by atoms with van der Waals surface area (Å²) in [5.74, 6) is -0.291. The van der Waals surface area contributed by atoms with Crippen LogP contribution in [-0.2, 0) is 6.42 Å². The van der Waals surface area contributed by atoms with E-state index < -0.39 is 0 Å². The molecule has 5 heteroatoms. The molecule has 4 nitrogen and oxygen atoms in total. The molecular weight excluding hydrogens is 305 g/mol. The van der Waals surface area contributed by atoms with Crippen LogP contribution in [-0.4, -0.2) is 22.4 Å². The van der Waals surface area contributed by atoms with Crippen molar-refractivity contribution in [2.45, 2.75) is 13.3 Å². The highest BCUT2D eigenvalue weighted by Crippen LogP contribution is 2.27. The molecule has 0 saturated carbocycles. The summed E-state index contributed by atoms with van der Waals surface area (Å²) >= 11 is 0. The SMILES string of the molecule is Cc1ccc(-c2cc(-c3cc4c([nH]3)CCNC4=O)ccn2)cc1F. The van der Waals surface area contributed by atoms with Gasteiger partial charge < -0.3 is 10.3 Å². The summed E-state index contributed by atoms with van der Waals surface area (Å²) in [7, 11) is 0. The first-order chi connectivity index (χ1) is 11.6. The van der Waals surface area contributed by atoms with Gasteiger partial charge in [-0.2, -0.15) is 0 Å². The predicted molar refractivity (Wildman–Crippen MR) is 90.2 cm³/mol. The lowest BCUT2D eigenvalue weighted by atomic mass is 10.1. The molecule has 0 saturated heterocycles. The molecule has 0 spiro atoms. The number of H-pyrrole nitrogens is 1. The van der Waals surface area contributed by atoms with Crippen molar-refractivity contribution < 1.29 is 9.18 Å². The van der Waals surface area contributed by atoms with Crippen molar-refractivity contribution in [1.29, 1.82) is 0 Å². The second-order valence-electron chi connectivity index (χ2n) is 5.97. The molecule has 4 rings (SSSR count). The van der Waals surface area contributed by atoms with Gasteiger partial charge in [0.1, 0.15) is 5.82 Å². The van der Waals surface area contributed by atoms with E-state index in [1.807, 2.05) is 24.3 Å². The van der Waals surface area contributed by atoms with E-state index >= 15 is 0 Å². The Morgan fingerprint density at radius 3 is 2.79 bits per heavy atom. The van der Waals surface area contributed by atoms with Crippen LogP contribution in [0.5, 0.6) is 0 Å². The number of aryl methyl sites for hydroxylation is 1. The lowest BCUT2D eigenvalue weighted by Gasteiger charge is -2.11. The summed E-state index contributed by atoms with van der Waals surface area (Å²) in [6.07, 6.45) is 2.49. The number of rotatable bonds is 2. The topological polar surface area (TPSA) is 57.8 Å². The minimum absolute atomic E-state index is 0.0476. The highest BCUT2D eigenvalue weighted by atomic mass is 19.1. The van der Waals surface area contributed by atoms with Gasteiger partial charge in [0, 0.05) is 41.7 Å². The minimum Gasteiger partial charge on any atom is -0.358 e. The standard InChI is InChI=1S/C19H16FN3O/c1-11-2-3-12(8-15(11)20)17-9-13(4-6-21-17)18-10-14-16(23-18)5-7-22-19(14)24/h2-4,6,8-10,23H,5,7H2,1H3,(H,22,24). The van der Waals surface area contributed by atoms with Gasteiger partial charge in [-0.3, -0.25) is 9.78 Å². The summed E-state index contributed by atoms with van der Waals surface area (Å²) in [4.78, 5) is 19.6. The van der Waals surface area contributed by atoms with E-state index in [1.165, 1.54) is 6.07 Å². The molecule has 1 amide bonds. The number of benzene rings is 1. The molecule has 2 N–H and O–H groups in total. The predicted octanol–water partition coefficient (Wildman–Crippen LogP) is 3.48. The van der Waals surface area contributed by atoms with Gasteiger partial charge in [0.15, 0.2) is 0 Å². The Bertz CT molecular complexity index is 946. The number of pyridine rings is 1. The van der Waals surface area contributed by atoms with E-state index in [-0.39, 0.29) is 11.7 Å². The molecule has 1 aromatic carbocycles. The Morgan fingerprint density at radius 2 is 2.00 bits per heavy atom. The van der Waals surface area contributed by atoms with E-state index in [1.54, 1.807) is 19.2 Å². The molecule has 1 aliphatic rings. The monoisotopic (exact) mass is 321 g/mol. The van der Waals surface area contributed by atoms with Crippen molar-refractivity contribution in [2.75, 3.05) is 6.54 Å². The largest absolute Gasteiger partial charge is 0.358 e. The van der Waals surface area contributed by atoms with Crippen LogP contribution >= 0.6 is 0 Å². The number of aromatic nitrogens is 2. The van der Waals surface area contributed by atoms with Crippen molar-refractivity contribution in [1.82, 2.24) is 15.3 Å². The third-order valence-corrected chi connectivity index (χ3v) is 4.34. The highest BCUT2D eigenvalue weighted by molar-refractivity contribution is 5.97. The summed E-state index contributed by atoms with van der Waals surface area (Å²) in [6, 6.07) is 10.7. The van der Waals surface area contributed by atoms with Crippen LogP contribution in [0.4, 0.5) is 4.39 Å². The van der Waals surface area contributed by atoms with E-state index in [2.05, 4.69) is 15.3 Å². The Hall–Kier alpha value is -2.95. The summed E-state index contributed by atoms with van der Waals surface area (Å²) in [6.45, 7) is 2.38. The number of hydrogen-bond acceptors (Lipinski definition) is 2. The van der Waals surface area contributed by atoms with Crippen LogP contribution in [0.25, 0.3) is 22.5 Å². The van der Waals surface area contributed by atoms with Crippen LogP contribution in [0, 0.1) is 12.7 Å². The molecule has 3 heterocycles. The van der Waals surface area contributed by atoms with Crippen molar-refractivity contribution in [2.24, 2.45) is 0 Å². The van der Waals surface area contributed by atoms with Crippen LogP contribution in [0.1, 0.15) is 21.6 Å². The van der Waals surface area contributed by atoms with Crippen LogP contribution < -0.4 is 5.32 Å². The van der Waals surface area contributed by atoms with E-state index in [0.29, 0.717) is 23.4 Å². The number of halogens is 1. The van der Waals surface area contributed by atoms with Crippen molar-refractivity contribution in [3.8, 4) is 22.5 Å². The van der Waals surface area contributed by atoms with Gasteiger partial charge in [-0.1, -0.05) is 12.1 Å². The summed E-state index contributed by atoms with van der Waals surface area (Å²) < 4.78 is 13.8. The molecular formula is C19H16FN3O. The van der Waals surface area contributed by atoms with Crippen molar-refractivity contribution in [3.63, 3.8) is 0 Å².